The molecule has 0 saturated carbocycles. The van der Waals surface area contributed by atoms with Crippen LogP contribution < -0.4 is 16.2 Å². The first-order valence-electron chi connectivity index (χ1n) is 7.81. The lowest BCUT2D eigenvalue weighted by Gasteiger charge is -2.08. The van der Waals surface area contributed by atoms with Crippen LogP contribution in [-0.4, -0.2) is 21.6 Å². The van der Waals surface area contributed by atoms with Gasteiger partial charge in [0.15, 0.2) is 5.76 Å². The van der Waals surface area contributed by atoms with Crippen LogP contribution in [0.5, 0.6) is 0 Å². The standard InChI is InChI=1S/C18H16N4O4/c1-12(23)19-13-4-6-14(7-5-13)20-17(24)11-22-18(25)9-8-15(21-22)16-3-2-10-26-16/h2-10H,11H2,1H3,(H,19,23)(H,20,24). The zero-order chi connectivity index (χ0) is 18.5. The summed E-state index contributed by atoms with van der Waals surface area (Å²) in [6, 6.07) is 12.9. The summed E-state index contributed by atoms with van der Waals surface area (Å²) in [6.45, 7) is 1.18. The first-order valence-corrected chi connectivity index (χ1v) is 7.81. The van der Waals surface area contributed by atoms with Gasteiger partial charge in [0.2, 0.25) is 11.8 Å². The number of carbonyl (C=O) groups is 2. The van der Waals surface area contributed by atoms with Crippen LogP contribution >= 0.6 is 0 Å². The quantitative estimate of drug-likeness (QED) is 0.731. The minimum atomic E-state index is -0.400. The maximum atomic E-state index is 12.2. The summed E-state index contributed by atoms with van der Waals surface area (Å²) in [5.41, 5.74) is 1.23. The predicted octanol–water partition coefficient (Wildman–Crippen LogP) is 2.10. The van der Waals surface area contributed by atoms with Gasteiger partial charge in [-0.15, -0.1) is 0 Å². The molecule has 0 fully saturated rings. The number of hydrogen-bond donors (Lipinski definition) is 2. The number of hydrogen-bond acceptors (Lipinski definition) is 5. The maximum absolute atomic E-state index is 12.2. The molecule has 8 heteroatoms. The number of nitrogens with one attached hydrogen (secondary N) is 2. The Morgan fingerprint density at radius 1 is 1.04 bits per heavy atom. The van der Waals surface area contributed by atoms with Crippen molar-refractivity contribution in [3.05, 3.63) is 65.1 Å². The molecule has 0 aliphatic carbocycles. The zero-order valence-corrected chi connectivity index (χ0v) is 13.9. The lowest BCUT2D eigenvalue weighted by atomic mass is 10.2. The topological polar surface area (TPSA) is 106 Å². The number of furan rings is 1. The highest BCUT2D eigenvalue weighted by Gasteiger charge is 2.10. The van der Waals surface area contributed by atoms with Gasteiger partial charge in [-0.25, -0.2) is 4.68 Å². The number of nitrogens with zero attached hydrogens (tertiary/aromatic N) is 2. The molecule has 3 aromatic rings. The van der Waals surface area contributed by atoms with Gasteiger partial charge in [-0.05, 0) is 42.5 Å². The summed E-state index contributed by atoms with van der Waals surface area (Å²) in [5, 5.41) is 9.46. The van der Waals surface area contributed by atoms with E-state index in [1.807, 2.05) is 0 Å². The Bertz CT molecular complexity index is 975. The maximum Gasteiger partial charge on any atom is 0.267 e. The molecule has 2 aromatic heterocycles. The van der Waals surface area contributed by atoms with Crippen molar-refractivity contribution in [2.45, 2.75) is 13.5 Å². The molecule has 0 aliphatic rings. The number of rotatable bonds is 5. The van der Waals surface area contributed by atoms with E-state index in [1.54, 1.807) is 36.4 Å². The van der Waals surface area contributed by atoms with Crippen LogP contribution in [0, 0.1) is 0 Å². The fourth-order valence-electron chi connectivity index (χ4n) is 2.29. The lowest BCUT2D eigenvalue weighted by molar-refractivity contribution is -0.117. The number of aromatic nitrogens is 2. The minimum absolute atomic E-state index is 0.177. The lowest BCUT2D eigenvalue weighted by Crippen LogP contribution is -2.29. The molecule has 0 atom stereocenters. The van der Waals surface area contributed by atoms with E-state index >= 15 is 0 Å². The molecule has 0 unspecified atom stereocenters. The number of benzene rings is 1. The third-order valence-corrected chi connectivity index (χ3v) is 3.42. The van der Waals surface area contributed by atoms with Crippen molar-refractivity contribution in [2.75, 3.05) is 10.6 Å². The second-order valence-electron chi connectivity index (χ2n) is 5.50. The van der Waals surface area contributed by atoms with E-state index in [4.69, 9.17) is 4.42 Å². The fraction of sp³-hybridized carbons (Fsp3) is 0.111. The van der Waals surface area contributed by atoms with Crippen molar-refractivity contribution < 1.29 is 14.0 Å². The van der Waals surface area contributed by atoms with Crippen molar-refractivity contribution in [1.82, 2.24) is 9.78 Å². The monoisotopic (exact) mass is 352 g/mol. The van der Waals surface area contributed by atoms with Crippen LogP contribution in [0.4, 0.5) is 11.4 Å². The number of anilines is 2. The molecule has 0 saturated heterocycles. The summed E-state index contributed by atoms with van der Waals surface area (Å²) in [6.07, 6.45) is 1.50. The van der Waals surface area contributed by atoms with Crippen molar-refractivity contribution in [3.63, 3.8) is 0 Å². The van der Waals surface area contributed by atoms with Gasteiger partial charge in [-0.2, -0.15) is 5.10 Å². The highest BCUT2D eigenvalue weighted by atomic mass is 16.3. The molecule has 8 nitrogen and oxygen atoms in total. The molecule has 2 amide bonds. The molecular formula is C18H16N4O4. The Morgan fingerprint density at radius 3 is 2.35 bits per heavy atom. The minimum Gasteiger partial charge on any atom is -0.463 e. The van der Waals surface area contributed by atoms with E-state index < -0.39 is 11.5 Å². The molecule has 0 spiro atoms. The predicted molar refractivity (Wildman–Crippen MR) is 95.6 cm³/mol. The van der Waals surface area contributed by atoms with E-state index in [0.717, 1.165) is 4.68 Å². The van der Waals surface area contributed by atoms with Crippen LogP contribution in [0.25, 0.3) is 11.5 Å². The van der Waals surface area contributed by atoms with Crippen molar-refractivity contribution in [1.29, 1.82) is 0 Å². The molecule has 0 radical (unpaired) electrons. The van der Waals surface area contributed by atoms with E-state index in [2.05, 4.69) is 15.7 Å². The summed E-state index contributed by atoms with van der Waals surface area (Å²) in [7, 11) is 0. The smallest absolute Gasteiger partial charge is 0.267 e. The van der Waals surface area contributed by atoms with E-state index in [0.29, 0.717) is 22.8 Å². The largest absolute Gasteiger partial charge is 0.463 e. The SMILES string of the molecule is CC(=O)Nc1ccc(NC(=O)Cn2nc(-c3ccco3)ccc2=O)cc1. The van der Waals surface area contributed by atoms with Gasteiger partial charge < -0.3 is 15.1 Å². The van der Waals surface area contributed by atoms with E-state index in [9.17, 15) is 14.4 Å². The van der Waals surface area contributed by atoms with Gasteiger partial charge in [0.05, 0.1) is 6.26 Å². The third kappa shape index (κ3) is 4.23. The normalized spacial score (nSPS) is 10.3. The zero-order valence-electron chi connectivity index (χ0n) is 13.9. The Balaban J connectivity index is 1.69. The summed E-state index contributed by atoms with van der Waals surface area (Å²) < 4.78 is 6.31. The molecule has 3 rings (SSSR count). The second-order valence-corrected chi connectivity index (χ2v) is 5.50. The van der Waals surface area contributed by atoms with Crippen molar-refractivity contribution >= 4 is 23.2 Å². The summed E-state index contributed by atoms with van der Waals surface area (Å²) in [4.78, 5) is 35.1. The number of amides is 2. The van der Waals surface area contributed by atoms with Crippen LogP contribution in [-0.2, 0) is 16.1 Å². The Hall–Kier alpha value is -3.68. The fourth-order valence-corrected chi connectivity index (χ4v) is 2.29. The van der Waals surface area contributed by atoms with Gasteiger partial charge in [-0.3, -0.25) is 14.4 Å². The van der Waals surface area contributed by atoms with Gasteiger partial charge in [0, 0.05) is 24.4 Å². The molecule has 0 bridgehead atoms. The van der Waals surface area contributed by atoms with Gasteiger partial charge in [-0.1, -0.05) is 0 Å². The van der Waals surface area contributed by atoms with Crippen molar-refractivity contribution in [2.24, 2.45) is 0 Å². The van der Waals surface area contributed by atoms with E-state index in [-0.39, 0.29) is 12.5 Å². The molecule has 132 valence electrons. The highest BCUT2D eigenvalue weighted by molar-refractivity contribution is 5.92. The van der Waals surface area contributed by atoms with Crippen LogP contribution in [0.3, 0.4) is 0 Å². The Kier molecular flexibility index (Phi) is 4.93. The summed E-state index contributed by atoms with van der Waals surface area (Å²) >= 11 is 0. The Morgan fingerprint density at radius 2 is 1.73 bits per heavy atom. The van der Waals surface area contributed by atoms with Crippen LogP contribution in [0.15, 0.2) is 64.0 Å². The average Bonchev–Trinajstić information content (AvgIpc) is 3.13. The average molecular weight is 352 g/mol. The molecule has 2 heterocycles. The van der Waals surface area contributed by atoms with E-state index in [1.165, 1.54) is 25.3 Å². The third-order valence-electron chi connectivity index (χ3n) is 3.42. The van der Waals surface area contributed by atoms with Gasteiger partial charge >= 0.3 is 0 Å². The molecule has 0 aliphatic heterocycles. The molecule has 1 aromatic carbocycles. The summed E-state index contributed by atoms with van der Waals surface area (Å²) in [5.74, 6) is -0.0696. The second kappa shape index (κ2) is 7.47. The highest BCUT2D eigenvalue weighted by Crippen LogP contribution is 2.15. The first kappa shape index (κ1) is 17.2. The number of carbonyl (C=O) groups excluding carboxylic acids is 2. The first-order chi connectivity index (χ1) is 12.5. The molecule has 26 heavy (non-hydrogen) atoms. The van der Waals surface area contributed by atoms with Crippen molar-refractivity contribution in [3.8, 4) is 11.5 Å². The van der Waals surface area contributed by atoms with Gasteiger partial charge in [0.25, 0.3) is 5.56 Å². The van der Waals surface area contributed by atoms with Crippen LogP contribution in [0.1, 0.15) is 6.92 Å². The van der Waals surface area contributed by atoms with Gasteiger partial charge in [0.1, 0.15) is 12.2 Å². The molecular weight excluding hydrogens is 336 g/mol. The Labute approximate surface area is 148 Å². The molecule has 2 N–H and O–H groups in total. The van der Waals surface area contributed by atoms with Crippen LogP contribution in [0.2, 0.25) is 0 Å².